The summed E-state index contributed by atoms with van der Waals surface area (Å²) < 4.78 is 37.3. The molecule has 7 heteroatoms. The third-order valence-corrected chi connectivity index (χ3v) is 3.31. The number of halogens is 4. The number of hydrogen-bond acceptors (Lipinski definition) is 1. The zero-order valence-corrected chi connectivity index (χ0v) is 12.2. The highest BCUT2D eigenvalue weighted by Gasteiger charge is 2.29. The van der Waals surface area contributed by atoms with Crippen molar-refractivity contribution in [2.75, 3.05) is 10.6 Å². The fraction of sp³-hybridized carbons (Fsp3) is 0.133. The van der Waals surface area contributed by atoms with E-state index >= 15 is 0 Å². The number of hydrogen-bond donors (Lipinski definition) is 2. The summed E-state index contributed by atoms with van der Waals surface area (Å²) in [5.41, 5.74) is 0.836. The summed E-state index contributed by atoms with van der Waals surface area (Å²) in [6, 6.07) is 8.61. The summed E-state index contributed by atoms with van der Waals surface area (Å²) >= 11 is 5.94. The zero-order chi connectivity index (χ0) is 16.3. The van der Waals surface area contributed by atoms with Gasteiger partial charge in [0.2, 0.25) is 0 Å². The molecule has 0 heterocycles. The Balaban J connectivity index is 2.01. The van der Waals surface area contributed by atoms with E-state index < -0.39 is 17.8 Å². The standard InChI is InChI=1S/C15H12ClF3N2O/c1-9-2-5-12(8-13(9)16)21-14(22)20-11-6-3-10(4-7-11)15(17,18)19/h2-8H,1H3,(H2,20,21,22). The van der Waals surface area contributed by atoms with E-state index in [4.69, 9.17) is 11.6 Å². The summed E-state index contributed by atoms with van der Waals surface area (Å²) in [6.45, 7) is 1.83. The lowest BCUT2D eigenvalue weighted by atomic mass is 10.2. The maximum atomic E-state index is 12.4. The number of rotatable bonds is 2. The molecule has 22 heavy (non-hydrogen) atoms. The number of nitrogens with one attached hydrogen (secondary N) is 2. The van der Waals surface area contributed by atoms with Crippen LogP contribution in [-0.4, -0.2) is 6.03 Å². The average molecular weight is 329 g/mol. The van der Waals surface area contributed by atoms with E-state index in [-0.39, 0.29) is 5.69 Å². The molecule has 2 N–H and O–H groups in total. The van der Waals surface area contributed by atoms with Crippen molar-refractivity contribution in [3.8, 4) is 0 Å². The van der Waals surface area contributed by atoms with Crippen LogP contribution in [0.2, 0.25) is 5.02 Å². The van der Waals surface area contributed by atoms with Gasteiger partial charge in [-0.25, -0.2) is 4.79 Å². The Kier molecular flexibility index (Phi) is 4.61. The zero-order valence-electron chi connectivity index (χ0n) is 11.5. The molecule has 116 valence electrons. The van der Waals surface area contributed by atoms with Gasteiger partial charge in [0.1, 0.15) is 0 Å². The fourth-order valence-electron chi connectivity index (χ4n) is 1.71. The quantitative estimate of drug-likeness (QED) is 0.770. The van der Waals surface area contributed by atoms with Gasteiger partial charge in [-0.3, -0.25) is 0 Å². The molecule has 0 atom stereocenters. The molecule has 0 aliphatic carbocycles. The Hall–Kier alpha value is -2.21. The van der Waals surface area contributed by atoms with Gasteiger partial charge in [0.15, 0.2) is 0 Å². The lowest BCUT2D eigenvalue weighted by Gasteiger charge is -2.10. The van der Waals surface area contributed by atoms with Gasteiger partial charge in [0, 0.05) is 16.4 Å². The summed E-state index contributed by atoms with van der Waals surface area (Å²) in [6.07, 6.45) is -4.40. The molecular weight excluding hydrogens is 317 g/mol. The monoisotopic (exact) mass is 328 g/mol. The Morgan fingerprint density at radius 2 is 1.55 bits per heavy atom. The smallest absolute Gasteiger partial charge is 0.308 e. The van der Waals surface area contributed by atoms with Gasteiger partial charge in [0.25, 0.3) is 0 Å². The first kappa shape index (κ1) is 16.2. The van der Waals surface area contributed by atoms with Gasteiger partial charge >= 0.3 is 12.2 Å². The molecule has 2 rings (SSSR count). The van der Waals surface area contributed by atoms with Crippen LogP contribution in [0.5, 0.6) is 0 Å². The number of anilines is 2. The minimum atomic E-state index is -4.40. The first-order valence-electron chi connectivity index (χ1n) is 6.27. The van der Waals surface area contributed by atoms with Crippen LogP contribution in [0.1, 0.15) is 11.1 Å². The second-order valence-electron chi connectivity index (χ2n) is 4.62. The molecule has 0 saturated carbocycles. The Morgan fingerprint density at radius 1 is 1.00 bits per heavy atom. The molecule has 0 radical (unpaired) electrons. The normalized spacial score (nSPS) is 11.1. The number of urea groups is 1. The van der Waals surface area contributed by atoms with Gasteiger partial charge in [-0.1, -0.05) is 17.7 Å². The Morgan fingerprint density at radius 3 is 2.09 bits per heavy atom. The molecule has 2 aromatic carbocycles. The van der Waals surface area contributed by atoms with Crippen molar-refractivity contribution < 1.29 is 18.0 Å². The van der Waals surface area contributed by atoms with Crippen molar-refractivity contribution >= 4 is 29.0 Å². The third-order valence-electron chi connectivity index (χ3n) is 2.90. The van der Waals surface area contributed by atoms with Crippen LogP contribution in [0.4, 0.5) is 29.3 Å². The van der Waals surface area contributed by atoms with Crippen LogP contribution < -0.4 is 10.6 Å². The maximum Gasteiger partial charge on any atom is 0.416 e. The molecular formula is C15H12ClF3N2O. The molecule has 2 amide bonds. The number of carbonyl (C=O) groups excluding carboxylic acids is 1. The van der Waals surface area contributed by atoms with Gasteiger partial charge in [0.05, 0.1) is 5.56 Å². The third kappa shape index (κ3) is 4.14. The molecule has 2 aromatic rings. The van der Waals surface area contributed by atoms with Crippen LogP contribution in [0.3, 0.4) is 0 Å². The summed E-state index contributed by atoms with van der Waals surface area (Å²) in [4.78, 5) is 11.8. The van der Waals surface area contributed by atoms with E-state index in [1.54, 1.807) is 18.2 Å². The predicted molar refractivity (Wildman–Crippen MR) is 80.3 cm³/mol. The summed E-state index contributed by atoms with van der Waals surface area (Å²) in [5, 5.41) is 5.50. The van der Waals surface area contributed by atoms with Gasteiger partial charge in [-0.05, 0) is 48.9 Å². The molecule has 0 aliphatic rings. The molecule has 3 nitrogen and oxygen atoms in total. The van der Waals surface area contributed by atoms with Crippen LogP contribution in [0.15, 0.2) is 42.5 Å². The number of carbonyl (C=O) groups is 1. The second kappa shape index (κ2) is 6.27. The van der Waals surface area contributed by atoms with Crippen molar-refractivity contribution in [2.24, 2.45) is 0 Å². The molecule has 0 saturated heterocycles. The SMILES string of the molecule is Cc1ccc(NC(=O)Nc2ccc(C(F)(F)F)cc2)cc1Cl. The van der Waals surface area contributed by atoms with Crippen molar-refractivity contribution in [1.29, 1.82) is 0 Å². The van der Waals surface area contributed by atoms with Crippen LogP contribution in [-0.2, 0) is 6.18 Å². The van der Waals surface area contributed by atoms with Crippen LogP contribution >= 0.6 is 11.6 Å². The summed E-state index contributed by atoms with van der Waals surface area (Å²) in [7, 11) is 0. The van der Waals surface area contributed by atoms with E-state index in [1.165, 1.54) is 12.1 Å². The predicted octanol–water partition coefficient (Wildman–Crippen LogP) is 5.31. The first-order chi connectivity index (χ1) is 10.3. The maximum absolute atomic E-state index is 12.4. The van der Waals surface area contributed by atoms with Gasteiger partial charge in [-0.2, -0.15) is 13.2 Å². The largest absolute Gasteiger partial charge is 0.416 e. The van der Waals surface area contributed by atoms with E-state index in [9.17, 15) is 18.0 Å². The number of alkyl halides is 3. The Labute approximate surface area is 130 Å². The number of amides is 2. The first-order valence-corrected chi connectivity index (χ1v) is 6.65. The topological polar surface area (TPSA) is 41.1 Å². The van der Waals surface area contributed by atoms with E-state index in [2.05, 4.69) is 10.6 Å². The van der Waals surface area contributed by atoms with Crippen molar-refractivity contribution in [3.63, 3.8) is 0 Å². The molecule has 0 bridgehead atoms. The van der Waals surface area contributed by atoms with Gasteiger partial charge in [-0.15, -0.1) is 0 Å². The van der Waals surface area contributed by atoms with Crippen molar-refractivity contribution in [2.45, 2.75) is 13.1 Å². The van der Waals surface area contributed by atoms with Crippen LogP contribution in [0.25, 0.3) is 0 Å². The van der Waals surface area contributed by atoms with E-state index in [0.29, 0.717) is 10.7 Å². The average Bonchev–Trinajstić information content (AvgIpc) is 2.42. The lowest BCUT2D eigenvalue weighted by molar-refractivity contribution is -0.137. The fourth-order valence-corrected chi connectivity index (χ4v) is 1.89. The minimum absolute atomic E-state index is 0.253. The van der Waals surface area contributed by atoms with Gasteiger partial charge < -0.3 is 10.6 Å². The van der Waals surface area contributed by atoms with E-state index in [0.717, 1.165) is 17.7 Å². The van der Waals surface area contributed by atoms with Crippen molar-refractivity contribution in [1.82, 2.24) is 0 Å². The molecule has 0 aromatic heterocycles. The van der Waals surface area contributed by atoms with Crippen molar-refractivity contribution in [3.05, 3.63) is 58.6 Å². The molecule has 0 aliphatic heterocycles. The molecule has 0 spiro atoms. The number of benzene rings is 2. The molecule has 0 unspecified atom stereocenters. The molecule has 0 fully saturated rings. The van der Waals surface area contributed by atoms with E-state index in [1.807, 2.05) is 6.92 Å². The second-order valence-corrected chi connectivity index (χ2v) is 5.03. The highest BCUT2D eigenvalue weighted by molar-refractivity contribution is 6.31. The Bertz CT molecular complexity index is 684. The highest BCUT2D eigenvalue weighted by atomic mass is 35.5. The number of aryl methyl sites for hydroxylation is 1. The highest BCUT2D eigenvalue weighted by Crippen LogP contribution is 2.29. The minimum Gasteiger partial charge on any atom is -0.308 e. The lowest BCUT2D eigenvalue weighted by Crippen LogP contribution is -2.19. The van der Waals surface area contributed by atoms with Crippen LogP contribution in [0, 0.1) is 6.92 Å². The summed E-state index contributed by atoms with van der Waals surface area (Å²) in [5.74, 6) is 0.